The lowest BCUT2D eigenvalue weighted by Crippen LogP contribution is -2.39. The first-order valence-electron chi connectivity index (χ1n) is 8.83. The van der Waals surface area contributed by atoms with Crippen LogP contribution in [0.15, 0.2) is 30.6 Å². The Kier molecular flexibility index (Phi) is 4.36. The third-order valence-corrected chi connectivity index (χ3v) is 6.07. The first kappa shape index (κ1) is 17.0. The van der Waals surface area contributed by atoms with Crippen LogP contribution in [0.4, 0.5) is 5.82 Å². The van der Waals surface area contributed by atoms with Gasteiger partial charge in [-0.15, -0.1) is 11.3 Å². The Hall–Kier alpha value is -2.47. The van der Waals surface area contributed by atoms with E-state index in [4.69, 9.17) is 0 Å². The van der Waals surface area contributed by atoms with Crippen molar-refractivity contribution in [3.05, 3.63) is 41.0 Å². The highest BCUT2D eigenvalue weighted by Gasteiger charge is 2.28. The molecule has 0 radical (unpaired) electrons. The molecule has 5 nitrogen and oxygen atoms in total. The van der Waals surface area contributed by atoms with E-state index in [0.29, 0.717) is 6.54 Å². The largest absolute Gasteiger partial charge is 0.481 e. The van der Waals surface area contributed by atoms with Crippen LogP contribution in [0, 0.1) is 19.8 Å². The highest BCUT2D eigenvalue weighted by atomic mass is 32.1. The minimum Gasteiger partial charge on any atom is -0.481 e. The van der Waals surface area contributed by atoms with E-state index in [-0.39, 0.29) is 5.92 Å². The predicted octanol–water partition coefficient (Wildman–Crippen LogP) is 4.28. The van der Waals surface area contributed by atoms with E-state index in [2.05, 4.69) is 53.0 Å². The molecule has 1 aromatic carbocycles. The summed E-state index contributed by atoms with van der Waals surface area (Å²) in [6, 6.07) is 8.50. The number of aromatic nitrogens is 2. The third-order valence-electron chi connectivity index (χ3n) is 5.05. The molecule has 4 rings (SSSR count). The van der Waals surface area contributed by atoms with Gasteiger partial charge in [-0.3, -0.25) is 4.79 Å². The van der Waals surface area contributed by atoms with Crippen LogP contribution < -0.4 is 4.90 Å². The average Bonchev–Trinajstić information content (AvgIpc) is 2.98. The van der Waals surface area contributed by atoms with Gasteiger partial charge in [0, 0.05) is 23.5 Å². The average molecular weight is 367 g/mol. The molecule has 1 aliphatic heterocycles. The van der Waals surface area contributed by atoms with E-state index in [1.807, 2.05) is 0 Å². The van der Waals surface area contributed by atoms with E-state index in [9.17, 15) is 9.90 Å². The van der Waals surface area contributed by atoms with Gasteiger partial charge in [0.05, 0.1) is 11.3 Å². The molecule has 134 valence electrons. The Balaban J connectivity index is 1.85. The van der Waals surface area contributed by atoms with Crippen LogP contribution in [0.3, 0.4) is 0 Å². The Bertz CT molecular complexity index is 965. The Morgan fingerprint density at radius 3 is 2.73 bits per heavy atom. The van der Waals surface area contributed by atoms with Gasteiger partial charge in [0.25, 0.3) is 0 Å². The number of carbonyl (C=O) groups is 1. The second kappa shape index (κ2) is 6.68. The van der Waals surface area contributed by atoms with Gasteiger partial charge in [-0.25, -0.2) is 9.97 Å². The summed E-state index contributed by atoms with van der Waals surface area (Å²) in [7, 11) is 0. The molecule has 0 amide bonds. The fourth-order valence-electron chi connectivity index (χ4n) is 3.71. The van der Waals surface area contributed by atoms with Crippen molar-refractivity contribution in [2.24, 2.45) is 5.92 Å². The van der Waals surface area contributed by atoms with Crippen molar-refractivity contribution < 1.29 is 9.90 Å². The molecular weight excluding hydrogens is 346 g/mol. The second-order valence-electron chi connectivity index (χ2n) is 6.90. The van der Waals surface area contributed by atoms with Crippen molar-refractivity contribution in [2.75, 3.05) is 18.0 Å². The third kappa shape index (κ3) is 2.94. The summed E-state index contributed by atoms with van der Waals surface area (Å²) in [4.78, 5) is 24.8. The van der Waals surface area contributed by atoms with Crippen molar-refractivity contribution in [1.29, 1.82) is 0 Å². The van der Waals surface area contributed by atoms with E-state index >= 15 is 0 Å². The molecule has 0 saturated carbocycles. The van der Waals surface area contributed by atoms with Crippen LogP contribution in [0.25, 0.3) is 21.3 Å². The summed E-state index contributed by atoms with van der Waals surface area (Å²) in [6.07, 6.45) is 3.19. The highest BCUT2D eigenvalue weighted by molar-refractivity contribution is 7.19. The fourth-order valence-corrected chi connectivity index (χ4v) is 4.71. The zero-order chi connectivity index (χ0) is 18.3. The molecule has 1 aliphatic rings. The standard InChI is InChI=1S/C20H21N3O2S/c1-12-5-7-14(8-6-12)16-13(2)26-19-17(16)18(21-11-22-19)23-9-3-4-15(10-23)20(24)25/h5-8,11,15H,3-4,9-10H2,1-2H3,(H,24,25). The van der Waals surface area contributed by atoms with Crippen molar-refractivity contribution in [1.82, 2.24) is 9.97 Å². The smallest absolute Gasteiger partial charge is 0.308 e. The number of nitrogens with zero attached hydrogens (tertiary/aromatic N) is 3. The lowest BCUT2D eigenvalue weighted by Gasteiger charge is -2.32. The summed E-state index contributed by atoms with van der Waals surface area (Å²) in [6.45, 7) is 5.53. The number of anilines is 1. The minimum absolute atomic E-state index is 0.337. The molecule has 6 heteroatoms. The Labute approximate surface area is 156 Å². The molecule has 1 atom stereocenters. The number of hydrogen-bond acceptors (Lipinski definition) is 5. The van der Waals surface area contributed by atoms with Gasteiger partial charge >= 0.3 is 5.97 Å². The molecule has 0 aliphatic carbocycles. The zero-order valence-electron chi connectivity index (χ0n) is 14.9. The van der Waals surface area contributed by atoms with Crippen molar-refractivity contribution >= 4 is 33.3 Å². The number of rotatable bonds is 3. The Morgan fingerprint density at radius 1 is 1.23 bits per heavy atom. The minimum atomic E-state index is -0.722. The number of piperidine rings is 1. The lowest BCUT2D eigenvalue weighted by atomic mass is 9.97. The maximum atomic E-state index is 11.5. The van der Waals surface area contributed by atoms with Crippen molar-refractivity contribution in [2.45, 2.75) is 26.7 Å². The molecule has 2 aromatic heterocycles. The van der Waals surface area contributed by atoms with Crippen molar-refractivity contribution in [3.63, 3.8) is 0 Å². The van der Waals surface area contributed by atoms with E-state index in [1.54, 1.807) is 17.7 Å². The number of carboxylic acids is 1. The SMILES string of the molecule is Cc1ccc(-c2c(C)sc3ncnc(N4CCCC(C(=O)O)C4)c23)cc1. The Morgan fingerprint density at radius 2 is 2.00 bits per heavy atom. The lowest BCUT2D eigenvalue weighted by molar-refractivity contribution is -0.141. The van der Waals surface area contributed by atoms with Crippen LogP contribution in [0.1, 0.15) is 23.3 Å². The number of carboxylic acid groups (broad SMARTS) is 1. The van der Waals surface area contributed by atoms with Crippen molar-refractivity contribution in [3.8, 4) is 11.1 Å². The normalized spacial score (nSPS) is 17.6. The van der Waals surface area contributed by atoms with Gasteiger partial charge in [0.1, 0.15) is 17.0 Å². The molecular formula is C20H21N3O2S. The quantitative estimate of drug-likeness (QED) is 0.748. The maximum absolute atomic E-state index is 11.5. The molecule has 1 fully saturated rings. The molecule has 1 N–H and O–H groups in total. The summed E-state index contributed by atoms with van der Waals surface area (Å²) in [5.74, 6) is -0.197. The van der Waals surface area contributed by atoms with Crippen LogP contribution in [-0.4, -0.2) is 34.1 Å². The van der Waals surface area contributed by atoms with Gasteiger partial charge in [0.2, 0.25) is 0 Å². The van der Waals surface area contributed by atoms with Gasteiger partial charge in [-0.05, 0) is 32.3 Å². The number of aryl methyl sites for hydroxylation is 2. The van der Waals surface area contributed by atoms with Gasteiger partial charge < -0.3 is 10.0 Å². The molecule has 0 bridgehead atoms. The van der Waals surface area contributed by atoms with Crippen LogP contribution >= 0.6 is 11.3 Å². The van der Waals surface area contributed by atoms with Gasteiger partial charge in [-0.1, -0.05) is 29.8 Å². The zero-order valence-corrected chi connectivity index (χ0v) is 15.7. The maximum Gasteiger partial charge on any atom is 0.308 e. The molecule has 3 heterocycles. The molecule has 1 saturated heterocycles. The first-order valence-corrected chi connectivity index (χ1v) is 9.65. The number of thiophene rings is 1. The second-order valence-corrected chi connectivity index (χ2v) is 8.10. The van der Waals surface area contributed by atoms with E-state index in [0.717, 1.165) is 46.5 Å². The summed E-state index contributed by atoms with van der Waals surface area (Å²) >= 11 is 1.67. The molecule has 1 unspecified atom stereocenters. The molecule has 26 heavy (non-hydrogen) atoms. The summed E-state index contributed by atoms with van der Waals surface area (Å²) in [5.41, 5.74) is 3.54. The summed E-state index contributed by atoms with van der Waals surface area (Å²) < 4.78 is 0. The number of fused-ring (bicyclic) bond motifs is 1. The fraction of sp³-hybridized carbons (Fsp3) is 0.350. The highest BCUT2D eigenvalue weighted by Crippen LogP contribution is 2.42. The van der Waals surface area contributed by atoms with Gasteiger partial charge in [0.15, 0.2) is 0 Å². The van der Waals surface area contributed by atoms with Gasteiger partial charge in [-0.2, -0.15) is 0 Å². The van der Waals surface area contributed by atoms with Crippen LogP contribution in [0.2, 0.25) is 0 Å². The predicted molar refractivity (Wildman–Crippen MR) is 105 cm³/mol. The van der Waals surface area contributed by atoms with Crippen LogP contribution in [-0.2, 0) is 4.79 Å². The number of benzene rings is 1. The first-order chi connectivity index (χ1) is 12.5. The van der Waals surface area contributed by atoms with E-state index in [1.165, 1.54) is 10.4 Å². The van der Waals surface area contributed by atoms with E-state index < -0.39 is 5.97 Å². The van der Waals surface area contributed by atoms with Crippen LogP contribution in [0.5, 0.6) is 0 Å². The topological polar surface area (TPSA) is 66.3 Å². The molecule has 3 aromatic rings. The number of hydrogen-bond donors (Lipinski definition) is 1. The summed E-state index contributed by atoms with van der Waals surface area (Å²) in [5, 5.41) is 10.5. The number of aliphatic carboxylic acids is 1. The monoisotopic (exact) mass is 367 g/mol. The molecule has 0 spiro atoms.